The summed E-state index contributed by atoms with van der Waals surface area (Å²) in [7, 11) is 0. The lowest BCUT2D eigenvalue weighted by Gasteiger charge is -2.05. The SMILES string of the molecule is ClCc1nccc(-c2ccc3c(c2)CCC3)n1. The van der Waals surface area contributed by atoms with Crippen LogP contribution in [0.25, 0.3) is 11.3 Å². The summed E-state index contributed by atoms with van der Waals surface area (Å²) in [5.41, 5.74) is 5.08. The molecule has 0 saturated heterocycles. The molecule has 0 bridgehead atoms. The van der Waals surface area contributed by atoms with Crippen molar-refractivity contribution in [1.82, 2.24) is 9.97 Å². The van der Waals surface area contributed by atoms with Crippen molar-refractivity contribution in [3.63, 3.8) is 0 Å². The molecular formula is C14H13ClN2. The summed E-state index contributed by atoms with van der Waals surface area (Å²) in [4.78, 5) is 8.56. The highest BCUT2D eigenvalue weighted by atomic mass is 35.5. The average molecular weight is 245 g/mol. The summed E-state index contributed by atoms with van der Waals surface area (Å²) in [5.74, 6) is 1.04. The number of nitrogens with zero attached hydrogens (tertiary/aromatic N) is 2. The van der Waals surface area contributed by atoms with Gasteiger partial charge in [-0.25, -0.2) is 9.97 Å². The third-order valence-electron chi connectivity index (χ3n) is 3.22. The zero-order valence-corrected chi connectivity index (χ0v) is 10.2. The fourth-order valence-corrected chi connectivity index (χ4v) is 2.48. The van der Waals surface area contributed by atoms with Gasteiger partial charge in [0.2, 0.25) is 0 Å². The number of benzene rings is 1. The van der Waals surface area contributed by atoms with Crippen LogP contribution in [0.3, 0.4) is 0 Å². The van der Waals surface area contributed by atoms with Gasteiger partial charge in [-0.15, -0.1) is 11.6 Å². The molecule has 17 heavy (non-hydrogen) atoms. The summed E-state index contributed by atoms with van der Waals surface area (Å²) >= 11 is 5.76. The average Bonchev–Trinajstić information content (AvgIpc) is 2.86. The molecule has 3 heteroatoms. The van der Waals surface area contributed by atoms with Gasteiger partial charge < -0.3 is 0 Å². The molecule has 0 N–H and O–H groups in total. The van der Waals surface area contributed by atoms with Crippen molar-refractivity contribution in [3.05, 3.63) is 47.4 Å². The van der Waals surface area contributed by atoms with Crippen LogP contribution in [-0.4, -0.2) is 9.97 Å². The quantitative estimate of drug-likeness (QED) is 0.757. The van der Waals surface area contributed by atoms with Gasteiger partial charge in [0.1, 0.15) is 5.82 Å². The van der Waals surface area contributed by atoms with Crippen LogP contribution in [0.1, 0.15) is 23.4 Å². The van der Waals surface area contributed by atoms with Crippen LogP contribution in [-0.2, 0) is 18.7 Å². The Bertz CT molecular complexity index is 552. The highest BCUT2D eigenvalue weighted by Crippen LogP contribution is 2.27. The van der Waals surface area contributed by atoms with Crippen molar-refractivity contribution in [2.75, 3.05) is 0 Å². The lowest BCUT2D eigenvalue weighted by Crippen LogP contribution is -1.93. The van der Waals surface area contributed by atoms with E-state index < -0.39 is 0 Å². The second-order valence-corrected chi connectivity index (χ2v) is 4.60. The van der Waals surface area contributed by atoms with Crippen molar-refractivity contribution in [2.24, 2.45) is 0 Å². The van der Waals surface area contributed by atoms with Crippen LogP contribution in [0.15, 0.2) is 30.5 Å². The molecule has 0 radical (unpaired) electrons. The Morgan fingerprint density at radius 1 is 1.12 bits per heavy atom. The molecule has 0 aliphatic heterocycles. The van der Waals surface area contributed by atoms with Crippen molar-refractivity contribution in [1.29, 1.82) is 0 Å². The fourth-order valence-electron chi connectivity index (χ4n) is 2.36. The zero-order valence-electron chi connectivity index (χ0n) is 9.49. The molecule has 0 spiro atoms. The first-order valence-corrected chi connectivity index (χ1v) is 6.40. The van der Waals surface area contributed by atoms with Gasteiger partial charge in [-0.05, 0) is 42.5 Å². The highest BCUT2D eigenvalue weighted by Gasteiger charge is 2.12. The Kier molecular flexibility index (Phi) is 2.81. The molecular weight excluding hydrogens is 232 g/mol. The summed E-state index contributed by atoms with van der Waals surface area (Å²) < 4.78 is 0. The number of alkyl halides is 1. The molecule has 1 aliphatic carbocycles. The molecule has 86 valence electrons. The van der Waals surface area contributed by atoms with Gasteiger partial charge in [0.05, 0.1) is 11.6 Å². The van der Waals surface area contributed by atoms with Crippen LogP contribution in [0.5, 0.6) is 0 Å². The Balaban J connectivity index is 2.03. The van der Waals surface area contributed by atoms with E-state index in [9.17, 15) is 0 Å². The lowest BCUT2D eigenvalue weighted by molar-refractivity contribution is 0.912. The molecule has 0 unspecified atom stereocenters. The second-order valence-electron chi connectivity index (χ2n) is 4.33. The van der Waals surface area contributed by atoms with E-state index in [1.807, 2.05) is 6.07 Å². The van der Waals surface area contributed by atoms with Crippen LogP contribution in [0.4, 0.5) is 0 Å². The molecule has 0 saturated carbocycles. The Morgan fingerprint density at radius 2 is 2.00 bits per heavy atom. The van der Waals surface area contributed by atoms with Crippen LogP contribution in [0, 0.1) is 0 Å². The topological polar surface area (TPSA) is 25.8 Å². The molecule has 3 rings (SSSR count). The number of hydrogen-bond acceptors (Lipinski definition) is 2. The number of hydrogen-bond donors (Lipinski definition) is 0. The predicted molar refractivity (Wildman–Crippen MR) is 69.1 cm³/mol. The molecule has 0 amide bonds. The minimum absolute atomic E-state index is 0.360. The predicted octanol–water partition coefficient (Wildman–Crippen LogP) is 3.37. The normalized spacial score (nSPS) is 13.7. The minimum Gasteiger partial charge on any atom is -0.240 e. The minimum atomic E-state index is 0.360. The summed E-state index contributed by atoms with van der Waals surface area (Å²) in [6.07, 6.45) is 5.45. The van der Waals surface area contributed by atoms with Gasteiger partial charge >= 0.3 is 0 Å². The maximum Gasteiger partial charge on any atom is 0.143 e. The fraction of sp³-hybridized carbons (Fsp3) is 0.286. The number of aromatic nitrogens is 2. The van der Waals surface area contributed by atoms with Gasteiger partial charge in [-0.1, -0.05) is 12.1 Å². The largest absolute Gasteiger partial charge is 0.240 e. The highest BCUT2D eigenvalue weighted by molar-refractivity contribution is 6.16. The first-order valence-electron chi connectivity index (χ1n) is 5.87. The van der Waals surface area contributed by atoms with E-state index in [2.05, 4.69) is 28.2 Å². The smallest absolute Gasteiger partial charge is 0.143 e. The van der Waals surface area contributed by atoms with E-state index >= 15 is 0 Å². The van der Waals surface area contributed by atoms with Crippen molar-refractivity contribution >= 4 is 11.6 Å². The van der Waals surface area contributed by atoms with E-state index in [1.54, 1.807) is 6.20 Å². The second kappa shape index (κ2) is 4.46. The van der Waals surface area contributed by atoms with Gasteiger partial charge in [-0.2, -0.15) is 0 Å². The molecule has 1 aromatic heterocycles. The third-order valence-corrected chi connectivity index (χ3v) is 3.46. The van der Waals surface area contributed by atoms with E-state index in [0.29, 0.717) is 11.7 Å². The molecule has 1 aromatic carbocycles. The Labute approximate surface area is 106 Å². The molecule has 2 aromatic rings. The van der Waals surface area contributed by atoms with E-state index in [-0.39, 0.29) is 0 Å². The monoisotopic (exact) mass is 244 g/mol. The summed E-state index contributed by atoms with van der Waals surface area (Å²) in [6.45, 7) is 0. The Hall–Kier alpha value is -1.41. The van der Waals surface area contributed by atoms with Crippen molar-refractivity contribution < 1.29 is 0 Å². The summed E-state index contributed by atoms with van der Waals surface area (Å²) in [5, 5.41) is 0. The lowest BCUT2D eigenvalue weighted by atomic mass is 10.0. The first-order chi connectivity index (χ1) is 8.36. The number of aryl methyl sites for hydroxylation is 2. The molecule has 0 atom stereocenters. The number of halogens is 1. The van der Waals surface area contributed by atoms with Crippen LogP contribution < -0.4 is 0 Å². The van der Waals surface area contributed by atoms with E-state index in [1.165, 1.54) is 36.0 Å². The maximum absolute atomic E-state index is 5.76. The van der Waals surface area contributed by atoms with Crippen molar-refractivity contribution in [3.8, 4) is 11.3 Å². The van der Waals surface area contributed by atoms with Crippen LogP contribution >= 0.6 is 11.6 Å². The maximum atomic E-state index is 5.76. The van der Waals surface area contributed by atoms with Crippen molar-refractivity contribution in [2.45, 2.75) is 25.1 Å². The Morgan fingerprint density at radius 3 is 2.88 bits per heavy atom. The third kappa shape index (κ3) is 2.05. The molecule has 0 fully saturated rings. The zero-order chi connectivity index (χ0) is 11.7. The van der Waals surface area contributed by atoms with E-state index in [4.69, 9.17) is 11.6 Å². The van der Waals surface area contributed by atoms with Gasteiger partial charge in [0.15, 0.2) is 0 Å². The standard InChI is InChI=1S/C14H13ClN2/c15-9-14-16-7-6-13(17-14)12-5-4-10-2-1-3-11(10)8-12/h4-8H,1-3,9H2. The first kappa shape index (κ1) is 10.7. The molecule has 1 heterocycles. The molecule has 2 nitrogen and oxygen atoms in total. The van der Waals surface area contributed by atoms with Crippen LogP contribution in [0.2, 0.25) is 0 Å². The number of fused-ring (bicyclic) bond motifs is 1. The number of rotatable bonds is 2. The van der Waals surface area contributed by atoms with Gasteiger partial charge in [0.25, 0.3) is 0 Å². The summed E-state index contributed by atoms with van der Waals surface area (Å²) in [6, 6.07) is 8.56. The van der Waals surface area contributed by atoms with E-state index in [0.717, 1.165) is 5.69 Å². The van der Waals surface area contributed by atoms with Gasteiger partial charge in [-0.3, -0.25) is 0 Å². The molecule has 1 aliphatic rings. The van der Waals surface area contributed by atoms with Gasteiger partial charge in [0, 0.05) is 11.8 Å².